The third-order valence-electron chi connectivity index (χ3n) is 4.72. The van der Waals surface area contributed by atoms with Crippen molar-refractivity contribution in [2.75, 3.05) is 19.0 Å². The molecule has 1 amide bonds. The van der Waals surface area contributed by atoms with Crippen LogP contribution in [0.5, 0.6) is 11.5 Å². The summed E-state index contributed by atoms with van der Waals surface area (Å²) in [5.41, 5.74) is 2.18. The van der Waals surface area contributed by atoms with Crippen LogP contribution in [0.15, 0.2) is 48.5 Å². The molecule has 4 rings (SSSR count). The lowest BCUT2D eigenvalue weighted by Gasteiger charge is -2.08. The number of carbonyl (C=O) groups is 1. The third kappa shape index (κ3) is 4.69. The second-order valence-corrected chi connectivity index (χ2v) is 8.10. The first-order chi connectivity index (χ1) is 15.1. The molecule has 1 N–H and O–H groups in total. The van der Waals surface area contributed by atoms with Gasteiger partial charge in [0, 0.05) is 11.6 Å². The van der Waals surface area contributed by atoms with E-state index in [4.69, 9.17) is 9.47 Å². The minimum Gasteiger partial charge on any atom is -0.497 e. The fraction of sp³-hybridized carbons (Fsp3) is 0.261. The number of benzene rings is 2. The van der Waals surface area contributed by atoms with Crippen molar-refractivity contribution in [1.29, 1.82) is 0 Å². The number of hydrogen-bond donors (Lipinski definition) is 1. The van der Waals surface area contributed by atoms with E-state index in [-0.39, 0.29) is 5.91 Å². The zero-order valence-electron chi connectivity index (χ0n) is 17.7. The van der Waals surface area contributed by atoms with E-state index < -0.39 is 0 Å². The number of aryl methyl sites for hydroxylation is 1. The van der Waals surface area contributed by atoms with Crippen molar-refractivity contribution < 1.29 is 14.3 Å². The molecule has 2 aromatic heterocycles. The topological polar surface area (TPSA) is 78.3 Å². The lowest BCUT2D eigenvalue weighted by molar-refractivity contribution is 0.102. The molecule has 0 saturated heterocycles. The van der Waals surface area contributed by atoms with Crippen LogP contribution in [0.2, 0.25) is 0 Å². The predicted molar refractivity (Wildman–Crippen MR) is 123 cm³/mol. The second-order valence-electron chi connectivity index (χ2n) is 7.09. The largest absolute Gasteiger partial charge is 0.497 e. The molecule has 0 fully saturated rings. The summed E-state index contributed by atoms with van der Waals surface area (Å²) in [6, 6.07) is 14.7. The van der Waals surface area contributed by atoms with Crippen molar-refractivity contribution in [2.45, 2.75) is 26.7 Å². The number of thiazole rings is 1. The molecule has 0 saturated carbocycles. The average Bonchev–Trinajstić information content (AvgIpc) is 3.36. The second kappa shape index (κ2) is 9.18. The number of unbranched alkanes of at least 4 members (excludes halogenated alkanes) is 1. The molecule has 160 valence electrons. The summed E-state index contributed by atoms with van der Waals surface area (Å²) in [5, 5.41) is 8.14. The number of hydrogen-bond acceptors (Lipinski definition) is 6. The monoisotopic (exact) mass is 436 g/mol. The van der Waals surface area contributed by atoms with Gasteiger partial charge in [-0.25, -0.2) is 4.98 Å². The maximum atomic E-state index is 12.8. The standard InChI is InChI=1S/C23H24N4O3S/c1-4-5-12-30-17-8-6-16(7-9-17)22(28)25-21-13-15(2)26-27(21)23-24-19-11-10-18(29-3)14-20(19)31-23/h6-11,13-14H,4-5,12H2,1-3H3,(H,25,28). The van der Waals surface area contributed by atoms with Crippen molar-refractivity contribution >= 4 is 33.3 Å². The molecule has 0 atom stereocenters. The first-order valence-electron chi connectivity index (χ1n) is 10.1. The van der Waals surface area contributed by atoms with Gasteiger partial charge in [-0.2, -0.15) is 9.78 Å². The van der Waals surface area contributed by atoms with Gasteiger partial charge in [-0.3, -0.25) is 4.79 Å². The van der Waals surface area contributed by atoms with E-state index >= 15 is 0 Å². The molecule has 0 bridgehead atoms. The van der Waals surface area contributed by atoms with Gasteiger partial charge in [0.2, 0.25) is 5.13 Å². The van der Waals surface area contributed by atoms with E-state index in [1.165, 1.54) is 11.3 Å². The van der Waals surface area contributed by atoms with E-state index in [0.29, 0.717) is 23.1 Å². The maximum Gasteiger partial charge on any atom is 0.256 e. The van der Waals surface area contributed by atoms with Crippen LogP contribution in [-0.2, 0) is 0 Å². The molecule has 4 aromatic rings. The summed E-state index contributed by atoms with van der Waals surface area (Å²) >= 11 is 1.48. The molecule has 0 aliphatic heterocycles. The Morgan fingerprint density at radius 1 is 1.13 bits per heavy atom. The number of nitrogens with one attached hydrogen (secondary N) is 1. The van der Waals surface area contributed by atoms with Gasteiger partial charge in [-0.05, 0) is 55.8 Å². The molecule has 7 nitrogen and oxygen atoms in total. The van der Waals surface area contributed by atoms with Crippen LogP contribution in [0.3, 0.4) is 0 Å². The summed E-state index contributed by atoms with van der Waals surface area (Å²) in [6.07, 6.45) is 2.08. The van der Waals surface area contributed by atoms with E-state index in [2.05, 4.69) is 22.3 Å². The molecule has 2 aromatic carbocycles. The van der Waals surface area contributed by atoms with Gasteiger partial charge in [-0.15, -0.1) is 0 Å². The molecule has 0 unspecified atom stereocenters. The van der Waals surface area contributed by atoms with Crippen molar-refractivity contribution in [3.05, 3.63) is 59.8 Å². The summed E-state index contributed by atoms with van der Waals surface area (Å²) in [6.45, 7) is 4.67. The zero-order chi connectivity index (χ0) is 21.8. The fourth-order valence-corrected chi connectivity index (χ4v) is 4.03. The van der Waals surface area contributed by atoms with Crippen LogP contribution in [0.25, 0.3) is 15.3 Å². The van der Waals surface area contributed by atoms with Crippen LogP contribution in [0.4, 0.5) is 5.82 Å². The van der Waals surface area contributed by atoms with Crippen molar-refractivity contribution in [1.82, 2.24) is 14.8 Å². The number of anilines is 1. The first-order valence-corrected chi connectivity index (χ1v) is 10.9. The van der Waals surface area contributed by atoms with Gasteiger partial charge < -0.3 is 14.8 Å². The fourth-order valence-electron chi connectivity index (χ4n) is 3.07. The Morgan fingerprint density at radius 3 is 2.65 bits per heavy atom. The van der Waals surface area contributed by atoms with Crippen LogP contribution < -0.4 is 14.8 Å². The van der Waals surface area contributed by atoms with Gasteiger partial charge in [0.05, 0.1) is 29.6 Å². The molecule has 8 heteroatoms. The van der Waals surface area contributed by atoms with Crippen LogP contribution in [0, 0.1) is 6.92 Å². The van der Waals surface area contributed by atoms with Crippen molar-refractivity contribution in [3.63, 3.8) is 0 Å². The molecule has 0 aliphatic rings. The number of methoxy groups -OCH3 is 1. The first kappa shape index (κ1) is 20.9. The van der Waals surface area contributed by atoms with E-state index in [0.717, 1.165) is 40.3 Å². The normalized spacial score (nSPS) is 10.9. The molecule has 0 aliphatic carbocycles. The van der Waals surface area contributed by atoms with E-state index in [1.807, 2.05) is 43.3 Å². The Balaban J connectivity index is 1.54. The Morgan fingerprint density at radius 2 is 1.90 bits per heavy atom. The molecular weight excluding hydrogens is 412 g/mol. The van der Waals surface area contributed by atoms with Gasteiger partial charge in [0.1, 0.15) is 17.3 Å². The minimum absolute atomic E-state index is 0.218. The summed E-state index contributed by atoms with van der Waals surface area (Å²) in [4.78, 5) is 17.5. The molecular formula is C23H24N4O3S. The molecule has 0 radical (unpaired) electrons. The average molecular weight is 437 g/mol. The van der Waals surface area contributed by atoms with Gasteiger partial charge >= 0.3 is 0 Å². The number of nitrogens with zero attached hydrogens (tertiary/aromatic N) is 3. The molecule has 2 heterocycles. The van der Waals surface area contributed by atoms with Crippen molar-refractivity contribution in [3.8, 4) is 16.6 Å². The highest BCUT2D eigenvalue weighted by Gasteiger charge is 2.16. The van der Waals surface area contributed by atoms with Crippen molar-refractivity contribution in [2.24, 2.45) is 0 Å². The van der Waals surface area contributed by atoms with Gasteiger partial charge in [0.15, 0.2) is 0 Å². The number of fused-ring (bicyclic) bond motifs is 1. The predicted octanol–water partition coefficient (Wildman–Crippen LogP) is 5.23. The number of amides is 1. The number of ether oxygens (including phenoxy) is 2. The lowest BCUT2D eigenvalue weighted by Crippen LogP contribution is -2.15. The molecule has 0 spiro atoms. The van der Waals surface area contributed by atoms with E-state index in [1.54, 1.807) is 23.9 Å². The zero-order valence-corrected chi connectivity index (χ0v) is 18.5. The Kier molecular flexibility index (Phi) is 6.18. The maximum absolute atomic E-state index is 12.8. The highest BCUT2D eigenvalue weighted by atomic mass is 32.1. The Labute approximate surface area is 184 Å². The smallest absolute Gasteiger partial charge is 0.256 e. The summed E-state index contributed by atoms with van der Waals surface area (Å²) < 4.78 is 13.6. The summed E-state index contributed by atoms with van der Waals surface area (Å²) in [5.74, 6) is 1.88. The van der Waals surface area contributed by atoms with E-state index in [9.17, 15) is 4.79 Å². The number of rotatable bonds is 8. The van der Waals surface area contributed by atoms with Gasteiger partial charge in [0.25, 0.3) is 5.91 Å². The minimum atomic E-state index is -0.218. The summed E-state index contributed by atoms with van der Waals surface area (Å²) in [7, 11) is 1.64. The highest BCUT2D eigenvalue weighted by Crippen LogP contribution is 2.30. The molecule has 31 heavy (non-hydrogen) atoms. The quantitative estimate of drug-likeness (QED) is 0.383. The Hall–Kier alpha value is -3.39. The highest BCUT2D eigenvalue weighted by molar-refractivity contribution is 7.20. The SMILES string of the molecule is CCCCOc1ccc(C(=O)Nc2cc(C)nn2-c2nc3ccc(OC)cc3s2)cc1. The van der Waals surface area contributed by atoms with Crippen LogP contribution >= 0.6 is 11.3 Å². The Bertz CT molecular complexity index is 1200. The number of carbonyl (C=O) groups excluding carboxylic acids is 1. The van der Waals surface area contributed by atoms with Crippen LogP contribution in [-0.4, -0.2) is 34.4 Å². The number of aromatic nitrogens is 3. The van der Waals surface area contributed by atoms with Crippen LogP contribution in [0.1, 0.15) is 35.8 Å². The third-order valence-corrected chi connectivity index (χ3v) is 5.72. The lowest BCUT2D eigenvalue weighted by atomic mass is 10.2. The van der Waals surface area contributed by atoms with Gasteiger partial charge in [-0.1, -0.05) is 24.7 Å².